The Hall–Kier alpha value is -1.85. The van der Waals surface area contributed by atoms with Crippen LogP contribution in [-0.2, 0) is 0 Å². The van der Waals surface area contributed by atoms with E-state index in [1.54, 1.807) is 17.1 Å². The number of benzene rings is 1. The number of rotatable bonds is 3. The third-order valence-electron chi connectivity index (χ3n) is 4.39. The predicted molar refractivity (Wildman–Crippen MR) is 90.9 cm³/mol. The van der Waals surface area contributed by atoms with Gasteiger partial charge in [-0.15, -0.1) is 0 Å². The summed E-state index contributed by atoms with van der Waals surface area (Å²) in [6.45, 7) is 3.51. The summed E-state index contributed by atoms with van der Waals surface area (Å²) >= 11 is 6.00. The minimum Gasteiger partial charge on any atom is -0.338 e. The number of hydrogen-bond donors (Lipinski definition) is 1. The number of carbonyl (C=O) groups excluding carboxylic acids is 1. The van der Waals surface area contributed by atoms with Gasteiger partial charge in [-0.05, 0) is 43.9 Å². The van der Waals surface area contributed by atoms with Gasteiger partial charge in [0.15, 0.2) is 0 Å². The number of nitrogens with zero attached hydrogens (tertiary/aromatic N) is 3. The second-order valence-corrected chi connectivity index (χ2v) is 6.60. The third-order valence-corrected chi connectivity index (χ3v) is 4.63. The van der Waals surface area contributed by atoms with Crippen molar-refractivity contribution >= 4 is 17.5 Å². The lowest BCUT2D eigenvalue weighted by atomic mass is 9.92. The molecule has 2 aromatic rings. The molecule has 1 aromatic carbocycles. The molecule has 0 radical (unpaired) electrons. The van der Waals surface area contributed by atoms with Gasteiger partial charge in [0.25, 0.3) is 5.91 Å². The van der Waals surface area contributed by atoms with Gasteiger partial charge in [0, 0.05) is 30.4 Å². The molecule has 1 aromatic heterocycles. The molecule has 0 spiro atoms. The molecular weight excluding hydrogens is 312 g/mol. The van der Waals surface area contributed by atoms with Crippen LogP contribution >= 0.6 is 11.6 Å². The van der Waals surface area contributed by atoms with Crippen LogP contribution in [0.25, 0.3) is 5.69 Å². The fraction of sp³-hybridized carbons (Fsp3) is 0.412. The smallest absolute Gasteiger partial charge is 0.257 e. The number of nitrogens with two attached hydrogens (primary N) is 1. The zero-order valence-electron chi connectivity index (χ0n) is 13.2. The lowest BCUT2D eigenvalue weighted by molar-refractivity contribution is 0.0661. The van der Waals surface area contributed by atoms with Gasteiger partial charge in [0.05, 0.1) is 17.4 Å². The van der Waals surface area contributed by atoms with Crippen molar-refractivity contribution in [2.75, 3.05) is 13.1 Å². The molecule has 0 bridgehead atoms. The first kappa shape index (κ1) is 16.0. The number of halogens is 1. The van der Waals surface area contributed by atoms with Gasteiger partial charge in [0.2, 0.25) is 0 Å². The molecule has 1 aliphatic rings. The van der Waals surface area contributed by atoms with Crippen molar-refractivity contribution in [3.05, 3.63) is 47.2 Å². The van der Waals surface area contributed by atoms with Gasteiger partial charge in [0.1, 0.15) is 0 Å². The Morgan fingerprint density at radius 2 is 2.30 bits per heavy atom. The molecule has 1 amide bonds. The summed E-state index contributed by atoms with van der Waals surface area (Å²) in [5, 5.41) is 4.92. The van der Waals surface area contributed by atoms with E-state index in [1.807, 2.05) is 36.1 Å². The normalized spacial score (nSPS) is 19.6. The highest BCUT2D eigenvalue weighted by atomic mass is 35.5. The summed E-state index contributed by atoms with van der Waals surface area (Å²) in [4.78, 5) is 14.6. The Kier molecular flexibility index (Phi) is 4.68. The molecule has 2 heterocycles. The first-order chi connectivity index (χ1) is 11.0. The van der Waals surface area contributed by atoms with Gasteiger partial charge >= 0.3 is 0 Å². The standard InChI is InChI=1S/C17H21ClN4O/c1-12(19)13-4-3-7-21(10-13)17(23)14-9-20-22(11-14)16-6-2-5-15(18)8-16/h2,5-6,8-9,11-13H,3-4,7,10,19H2,1H3/t12-,13+/m1/s1. The largest absolute Gasteiger partial charge is 0.338 e. The Bertz CT molecular complexity index is 697. The van der Waals surface area contributed by atoms with Crippen LogP contribution in [0.4, 0.5) is 0 Å². The van der Waals surface area contributed by atoms with Crippen molar-refractivity contribution in [3.63, 3.8) is 0 Å². The number of amides is 1. The van der Waals surface area contributed by atoms with Crippen LogP contribution in [0, 0.1) is 5.92 Å². The average Bonchev–Trinajstić information content (AvgIpc) is 3.04. The summed E-state index contributed by atoms with van der Waals surface area (Å²) in [6.07, 6.45) is 5.45. The monoisotopic (exact) mass is 332 g/mol. The minimum atomic E-state index is 0.0172. The molecular formula is C17H21ClN4O. The van der Waals surface area contributed by atoms with Crippen molar-refractivity contribution in [3.8, 4) is 5.69 Å². The summed E-state index contributed by atoms with van der Waals surface area (Å²) in [5.41, 5.74) is 7.43. The molecule has 3 rings (SSSR count). The molecule has 0 unspecified atom stereocenters. The van der Waals surface area contributed by atoms with E-state index in [2.05, 4.69) is 5.10 Å². The van der Waals surface area contributed by atoms with E-state index < -0.39 is 0 Å². The maximum atomic E-state index is 12.7. The van der Waals surface area contributed by atoms with E-state index in [-0.39, 0.29) is 11.9 Å². The molecule has 1 saturated heterocycles. The summed E-state index contributed by atoms with van der Waals surface area (Å²) in [7, 11) is 0. The summed E-state index contributed by atoms with van der Waals surface area (Å²) in [6, 6.07) is 7.50. The second-order valence-electron chi connectivity index (χ2n) is 6.17. The van der Waals surface area contributed by atoms with E-state index in [4.69, 9.17) is 17.3 Å². The molecule has 0 saturated carbocycles. The summed E-state index contributed by atoms with van der Waals surface area (Å²) in [5.74, 6) is 0.388. The van der Waals surface area contributed by atoms with E-state index >= 15 is 0 Å². The van der Waals surface area contributed by atoms with Gasteiger partial charge < -0.3 is 10.6 Å². The van der Waals surface area contributed by atoms with Gasteiger partial charge in [-0.1, -0.05) is 17.7 Å². The number of hydrogen-bond acceptors (Lipinski definition) is 3. The number of aromatic nitrogens is 2. The molecule has 2 atom stereocenters. The lowest BCUT2D eigenvalue weighted by Gasteiger charge is -2.34. The third kappa shape index (κ3) is 3.57. The molecule has 1 aliphatic heterocycles. The lowest BCUT2D eigenvalue weighted by Crippen LogP contribution is -2.45. The van der Waals surface area contributed by atoms with Crippen LogP contribution in [0.1, 0.15) is 30.1 Å². The van der Waals surface area contributed by atoms with Crippen molar-refractivity contribution in [1.29, 1.82) is 0 Å². The van der Waals surface area contributed by atoms with Crippen LogP contribution in [0.2, 0.25) is 5.02 Å². The molecule has 0 aliphatic carbocycles. The molecule has 2 N–H and O–H groups in total. The van der Waals surface area contributed by atoms with Gasteiger partial charge in [-0.2, -0.15) is 5.10 Å². The van der Waals surface area contributed by atoms with Crippen molar-refractivity contribution in [1.82, 2.24) is 14.7 Å². The molecule has 5 nitrogen and oxygen atoms in total. The first-order valence-electron chi connectivity index (χ1n) is 7.90. The fourth-order valence-corrected chi connectivity index (χ4v) is 3.18. The van der Waals surface area contributed by atoms with Crippen molar-refractivity contribution < 1.29 is 4.79 Å². The predicted octanol–water partition coefficient (Wildman–Crippen LogP) is 2.73. The van der Waals surface area contributed by atoms with Crippen molar-refractivity contribution in [2.45, 2.75) is 25.8 Å². The molecule has 122 valence electrons. The fourth-order valence-electron chi connectivity index (χ4n) is 3.00. The molecule has 23 heavy (non-hydrogen) atoms. The van der Waals surface area contributed by atoms with E-state index in [1.165, 1.54) is 0 Å². The van der Waals surface area contributed by atoms with Gasteiger partial charge in [-0.25, -0.2) is 4.68 Å². The van der Waals surface area contributed by atoms with Crippen LogP contribution in [-0.4, -0.2) is 39.7 Å². The highest BCUT2D eigenvalue weighted by molar-refractivity contribution is 6.30. The molecule has 6 heteroatoms. The highest BCUT2D eigenvalue weighted by Gasteiger charge is 2.27. The first-order valence-corrected chi connectivity index (χ1v) is 8.28. The van der Waals surface area contributed by atoms with Crippen LogP contribution < -0.4 is 5.73 Å². The zero-order chi connectivity index (χ0) is 16.4. The van der Waals surface area contributed by atoms with E-state index in [0.29, 0.717) is 16.5 Å². The van der Waals surface area contributed by atoms with Gasteiger partial charge in [-0.3, -0.25) is 4.79 Å². The topological polar surface area (TPSA) is 64.2 Å². The Morgan fingerprint density at radius 3 is 3.04 bits per heavy atom. The van der Waals surface area contributed by atoms with Crippen molar-refractivity contribution in [2.24, 2.45) is 11.7 Å². The highest BCUT2D eigenvalue weighted by Crippen LogP contribution is 2.21. The Balaban J connectivity index is 1.76. The summed E-state index contributed by atoms with van der Waals surface area (Å²) < 4.78 is 1.67. The Morgan fingerprint density at radius 1 is 1.48 bits per heavy atom. The number of carbonyl (C=O) groups is 1. The maximum absolute atomic E-state index is 12.7. The molecule has 1 fully saturated rings. The van der Waals surface area contributed by atoms with Crippen LogP contribution in [0.15, 0.2) is 36.7 Å². The number of likely N-dealkylation sites (tertiary alicyclic amines) is 1. The maximum Gasteiger partial charge on any atom is 0.257 e. The van der Waals surface area contributed by atoms with E-state index in [0.717, 1.165) is 31.6 Å². The van der Waals surface area contributed by atoms with Crippen LogP contribution in [0.5, 0.6) is 0 Å². The van der Waals surface area contributed by atoms with Crippen LogP contribution in [0.3, 0.4) is 0 Å². The zero-order valence-corrected chi connectivity index (χ0v) is 13.9. The van der Waals surface area contributed by atoms with E-state index in [9.17, 15) is 4.79 Å². The quantitative estimate of drug-likeness (QED) is 0.940. The second kappa shape index (κ2) is 6.72. The SMILES string of the molecule is C[C@@H](N)[C@H]1CCCN(C(=O)c2cnn(-c3cccc(Cl)c3)c2)C1. The minimum absolute atomic E-state index is 0.0172. The number of piperidine rings is 1. The average molecular weight is 333 g/mol. The Labute approximate surface area is 141 Å².